The zero-order valence-corrected chi connectivity index (χ0v) is 11.2. The molecule has 3 nitrogen and oxygen atoms in total. The van der Waals surface area contributed by atoms with Crippen LogP contribution in [0.5, 0.6) is 0 Å². The average molecular weight is 236 g/mol. The van der Waals surface area contributed by atoms with Crippen molar-refractivity contribution >= 4 is 5.69 Å². The highest BCUT2D eigenvalue weighted by Gasteiger charge is 2.08. The summed E-state index contributed by atoms with van der Waals surface area (Å²) in [6.45, 7) is 5.37. The van der Waals surface area contributed by atoms with Gasteiger partial charge in [-0.05, 0) is 40.1 Å². The Balaban J connectivity index is 2.65. The Bertz CT molecular complexity index is 326. The second-order valence-corrected chi connectivity index (χ2v) is 4.52. The van der Waals surface area contributed by atoms with Crippen LogP contribution < -0.4 is 4.90 Å². The van der Waals surface area contributed by atoms with E-state index in [0.29, 0.717) is 0 Å². The van der Waals surface area contributed by atoms with Gasteiger partial charge in [-0.1, -0.05) is 18.2 Å². The van der Waals surface area contributed by atoms with Crippen LogP contribution in [0.2, 0.25) is 0 Å². The van der Waals surface area contributed by atoms with Crippen molar-refractivity contribution in [2.24, 2.45) is 0 Å². The third kappa shape index (κ3) is 4.36. The maximum absolute atomic E-state index is 9.34. The number of hydrogen-bond acceptors (Lipinski definition) is 3. The summed E-state index contributed by atoms with van der Waals surface area (Å²) in [7, 11) is 4.19. The number of para-hydroxylation sites is 1. The largest absolute Gasteiger partial charge is 0.392 e. The number of aliphatic hydroxyl groups excluding tert-OH is 1. The van der Waals surface area contributed by atoms with Gasteiger partial charge in [0.1, 0.15) is 0 Å². The first-order valence-electron chi connectivity index (χ1n) is 6.27. The summed E-state index contributed by atoms with van der Waals surface area (Å²) in [6, 6.07) is 8.08. The van der Waals surface area contributed by atoms with E-state index in [-0.39, 0.29) is 6.61 Å². The molecule has 0 saturated carbocycles. The van der Waals surface area contributed by atoms with E-state index in [1.54, 1.807) is 0 Å². The molecule has 0 bridgehead atoms. The van der Waals surface area contributed by atoms with Crippen molar-refractivity contribution < 1.29 is 5.11 Å². The number of nitrogens with zero attached hydrogens (tertiary/aromatic N) is 2. The van der Waals surface area contributed by atoms with Gasteiger partial charge in [-0.15, -0.1) is 0 Å². The Morgan fingerprint density at radius 3 is 2.41 bits per heavy atom. The summed E-state index contributed by atoms with van der Waals surface area (Å²) in [5.41, 5.74) is 2.18. The zero-order chi connectivity index (χ0) is 12.7. The van der Waals surface area contributed by atoms with Crippen LogP contribution >= 0.6 is 0 Å². The first kappa shape index (κ1) is 14.0. The third-order valence-electron chi connectivity index (χ3n) is 2.92. The standard InChI is InChI=1S/C14H24N2O/c1-4-16(11-7-10-15(2)3)14-9-6-5-8-13(14)12-17/h5-6,8-9,17H,4,7,10-12H2,1-3H3. The van der Waals surface area contributed by atoms with Crippen molar-refractivity contribution in [2.45, 2.75) is 20.0 Å². The fourth-order valence-electron chi connectivity index (χ4n) is 1.98. The normalized spacial score (nSPS) is 10.9. The molecule has 0 spiro atoms. The minimum absolute atomic E-state index is 0.111. The van der Waals surface area contributed by atoms with Crippen LogP contribution in [0.3, 0.4) is 0 Å². The van der Waals surface area contributed by atoms with Gasteiger partial charge in [0.05, 0.1) is 6.61 Å². The first-order valence-corrected chi connectivity index (χ1v) is 6.27. The van der Waals surface area contributed by atoms with Crippen LogP contribution in [0, 0.1) is 0 Å². The monoisotopic (exact) mass is 236 g/mol. The van der Waals surface area contributed by atoms with E-state index in [1.165, 1.54) is 0 Å². The molecule has 1 aromatic carbocycles. The second kappa shape index (κ2) is 7.30. The number of benzene rings is 1. The maximum Gasteiger partial charge on any atom is 0.0702 e. The average Bonchev–Trinajstić information content (AvgIpc) is 2.34. The van der Waals surface area contributed by atoms with Crippen molar-refractivity contribution in [1.82, 2.24) is 4.90 Å². The van der Waals surface area contributed by atoms with Crippen molar-refractivity contribution in [3.8, 4) is 0 Å². The molecule has 17 heavy (non-hydrogen) atoms. The molecule has 0 aliphatic heterocycles. The van der Waals surface area contributed by atoms with Gasteiger partial charge in [0.2, 0.25) is 0 Å². The van der Waals surface area contributed by atoms with Crippen LogP contribution in [0.15, 0.2) is 24.3 Å². The molecule has 0 saturated heterocycles. The van der Waals surface area contributed by atoms with E-state index in [2.05, 4.69) is 36.9 Å². The van der Waals surface area contributed by atoms with Crippen LogP contribution in [0.1, 0.15) is 18.9 Å². The van der Waals surface area contributed by atoms with Gasteiger partial charge in [-0.3, -0.25) is 0 Å². The molecule has 0 aliphatic carbocycles. The molecule has 0 aliphatic rings. The molecule has 0 unspecified atom stereocenters. The molecule has 0 radical (unpaired) electrons. The lowest BCUT2D eigenvalue weighted by Crippen LogP contribution is -2.27. The number of aliphatic hydroxyl groups is 1. The van der Waals surface area contributed by atoms with Crippen LogP contribution in [-0.2, 0) is 6.61 Å². The van der Waals surface area contributed by atoms with Crippen LogP contribution in [0.4, 0.5) is 5.69 Å². The van der Waals surface area contributed by atoms with E-state index < -0.39 is 0 Å². The molecule has 0 amide bonds. The highest BCUT2D eigenvalue weighted by atomic mass is 16.3. The minimum Gasteiger partial charge on any atom is -0.392 e. The maximum atomic E-state index is 9.34. The summed E-state index contributed by atoms with van der Waals surface area (Å²) in [4.78, 5) is 4.53. The smallest absolute Gasteiger partial charge is 0.0702 e. The van der Waals surface area contributed by atoms with Crippen molar-refractivity contribution in [3.05, 3.63) is 29.8 Å². The quantitative estimate of drug-likeness (QED) is 0.784. The third-order valence-corrected chi connectivity index (χ3v) is 2.92. The fourth-order valence-corrected chi connectivity index (χ4v) is 1.98. The predicted octanol–water partition coefficient (Wildman–Crippen LogP) is 1.96. The zero-order valence-electron chi connectivity index (χ0n) is 11.2. The van der Waals surface area contributed by atoms with E-state index >= 15 is 0 Å². The Kier molecular flexibility index (Phi) is 6.01. The summed E-state index contributed by atoms with van der Waals surface area (Å²) in [5, 5.41) is 9.34. The molecule has 0 atom stereocenters. The Morgan fingerprint density at radius 2 is 1.82 bits per heavy atom. The fraction of sp³-hybridized carbons (Fsp3) is 0.571. The molecule has 3 heteroatoms. The highest BCUT2D eigenvalue weighted by molar-refractivity contribution is 5.53. The van der Waals surface area contributed by atoms with Gasteiger partial charge in [-0.25, -0.2) is 0 Å². The van der Waals surface area contributed by atoms with E-state index in [0.717, 1.165) is 37.3 Å². The lowest BCUT2D eigenvalue weighted by atomic mass is 10.1. The Labute approximate surface area is 105 Å². The Hall–Kier alpha value is -1.06. The lowest BCUT2D eigenvalue weighted by molar-refractivity contribution is 0.282. The summed E-state index contributed by atoms with van der Waals surface area (Å²) in [6.07, 6.45) is 1.14. The van der Waals surface area contributed by atoms with E-state index in [4.69, 9.17) is 0 Å². The van der Waals surface area contributed by atoms with Gasteiger partial charge in [0.15, 0.2) is 0 Å². The van der Waals surface area contributed by atoms with Gasteiger partial charge < -0.3 is 14.9 Å². The molecule has 1 N–H and O–H groups in total. The molecule has 1 aromatic rings. The SMILES string of the molecule is CCN(CCCN(C)C)c1ccccc1CO. The van der Waals surface area contributed by atoms with Crippen molar-refractivity contribution in [3.63, 3.8) is 0 Å². The molecule has 0 fully saturated rings. The van der Waals surface area contributed by atoms with E-state index in [9.17, 15) is 5.11 Å². The van der Waals surface area contributed by atoms with Gasteiger partial charge >= 0.3 is 0 Å². The molecular formula is C14H24N2O. The topological polar surface area (TPSA) is 26.7 Å². The summed E-state index contributed by atoms with van der Waals surface area (Å²) >= 11 is 0. The number of rotatable bonds is 7. The van der Waals surface area contributed by atoms with Crippen LogP contribution in [0.25, 0.3) is 0 Å². The summed E-state index contributed by atoms with van der Waals surface area (Å²) < 4.78 is 0. The molecular weight excluding hydrogens is 212 g/mol. The first-order chi connectivity index (χ1) is 8.19. The minimum atomic E-state index is 0.111. The Morgan fingerprint density at radius 1 is 1.12 bits per heavy atom. The molecule has 1 rings (SSSR count). The van der Waals surface area contributed by atoms with E-state index in [1.807, 2.05) is 18.2 Å². The molecule has 0 heterocycles. The number of anilines is 1. The second-order valence-electron chi connectivity index (χ2n) is 4.52. The highest BCUT2D eigenvalue weighted by Crippen LogP contribution is 2.20. The molecule has 96 valence electrons. The van der Waals surface area contributed by atoms with Gasteiger partial charge in [0.25, 0.3) is 0 Å². The van der Waals surface area contributed by atoms with Crippen molar-refractivity contribution in [1.29, 1.82) is 0 Å². The van der Waals surface area contributed by atoms with Gasteiger partial charge in [-0.2, -0.15) is 0 Å². The van der Waals surface area contributed by atoms with Crippen LogP contribution in [-0.4, -0.2) is 43.7 Å². The summed E-state index contributed by atoms with van der Waals surface area (Å²) in [5.74, 6) is 0. The predicted molar refractivity (Wildman–Crippen MR) is 73.4 cm³/mol. The van der Waals surface area contributed by atoms with Gasteiger partial charge in [0, 0.05) is 24.3 Å². The number of hydrogen-bond donors (Lipinski definition) is 1. The molecule has 0 aromatic heterocycles. The van der Waals surface area contributed by atoms with Crippen molar-refractivity contribution in [2.75, 3.05) is 38.6 Å². The lowest BCUT2D eigenvalue weighted by Gasteiger charge is -2.26.